The van der Waals surface area contributed by atoms with Crippen molar-refractivity contribution in [2.45, 2.75) is 0 Å². The van der Waals surface area contributed by atoms with Crippen LogP contribution in [-0.2, 0) is 14.4 Å². The highest BCUT2D eigenvalue weighted by Gasteiger charge is 2.32. The van der Waals surface area contributed by atoms with E-state index in [2.05, 4.69) is 17.2 Å². The molecule has 0 saturated carbocycles. The van der Waals surface area contributed by atoms with Crippen molar-refractivity contribution in [2.75, 3.05) is 25.6 Å². The van der Waals surface area contributed by atoms with E-state index in [1.807, 2.05) is 0 Å². The van der Waals surface area contributed by atoms with Gasteiger partial charge in [0.2, 0.25) is 0 Å². The van der Waals surface area contributed by atoms with Crippen LogP contribution in [0.4, 0.5) is 10.1 Å². The number of anilines is 1. The van der Waals surface area contributed by atoms with Gasteiger partial charge in [-0.15, -0.1) is 6.58 Å². The van der Waals surface area contributed by atoms with Crippen LogP contribution in [0.3, 0.4) is 0 Å². The molecule has 33 heavy (non-hydrogen) atoms. The molecule has 1 fully saturated rings. The highest BCUT2D eigenvalue weighted by molar-refractivity contribution is 7.80. The Hall–Kier alpha value is -4.05. The van der Waals surface area contributed by atoms with Crippen molar-refractivity contribution >= 4 is 46.8 Å². The number of methoxy groups -OCH3 is 1. The van der Waals surface area contributed by atoms with Crippen LogP contribution in [0.5, 0.6) is 11.5 Å². The molecule has 3 amide bonds. The SMILES string of the molecule is C=CCN1C(=O)C(=Cc2ccc(OCC(=O)Nc3ccc(F)cc3)c(OC)c2)C(=O)NC1=S. The number of halogens is 1. The number of hydrogen-bond donors (Lipinski definition) is 2. The molecule has 0 unspecified atom stereocenters. The number of rotatable bonds is 8. The minimum Gasteiger partial charge on any atom is -0.493 e. The fourth-order valence-electron chi connectivity index (χ4n) is 2.92. The zero-order valence-electron chi connectivity index (χ0n) is 17.6. The van der Waals surface area contributed by atoms with Gasteiger partial charge in [0.25, 0.3) is 17.7 Å². The standard InChI is InChI=1S/C23H20FN3O5S/c1-3-10-27-22(30)17(21(29)26-23(27)33)11-14-4-9-18(19(12-14)31-2)32-13-20(28)25-16-7-5-15(24)6-8-16/h3-9,11-12H,1,10,13H2,2H3,(H,25,28)(H,26,29,33). The summed E-state index contributed by atoms with van der Waals surface area (Å²) in [7, 11) is 1.42. The van der Waals surface area contributed by atoms with Crippen molar-refractivity contribution in [3.63, 3.8) is 0 Å². The van der Waals surface area contributed by atoms with E-state index in [0.29, 0.717) is 17.0 Å². The van der Waals surface area contributed by atoms with E-state index in [-0.39, 0.29) is 29.6 Å². The molecule has 1 aliphatic heterocycles. The second-order valence-electron chi connectivity index (χ2n) is 6.78. The first-order valence-electron chi connectivity index (χ1n) is 9.68. The molecule has 0 atom stereocenters. The van der Waals surface area contributed by atoms with Crippen LogP contribution >= 0.6 is 12.2 Å². The lowest BCUT2D eigenvalue weighted by atomic mass is 10.1. The lowest BCUT2D eigenvalue weighted by Crippen LogP contribution is -2.53. The first-order valence-corrected chi connectivity index (χ1v) is 10.1. The first kappa shape index (κ1) is 23.6. The number of thiocarbonyl (C=S) groups is 1. The van der Waals surface area contributed by atoms with Crippen molar-refractivity contribution < 1.29 is 28.2 Å². The number of hydrogen-bond acceptors (Lipinski definition) is 6. The fraction of sp³-hybridized carbons (Fsp3) is 0.130. The second-order valence-corrected chi connectivity index (χ2v) is 7.16. The molecule has 2 aromatic carbocycles. The Kier molecular flexibility index (Phi) is 7.52. The van der Waals surface area contributed by atoms with Crippen LogP contribution in [0.15, 0.2) is 60.7 Å². The summed E-state index contributed by atoms with van der Waals surface area (Å²) in [6, 6.07) is 10.0. The molecule has 170 valence electrons. The van der Waals surface area contributed by atoms with Crippen LogP contribution in [0, 0.1) is 5.82 Å². The topological polar surface area (TPSA) is 97.0 Å². The molecule has 3 rings (SSSR count). The van der Waals surface area contributed by atoms with Crippen molar-refractivity contribution in [1.82, 2.24) is 10.2 Å². The van der Waals surface area contributed by atoms with Gasteiger partial charge in [0, 0.05) is 12.2 Å². The van der Waals surface area contributed by atoms with Crippen LogP contribution < -0.4 is 20.1 Å². The largest absolute Gasteiger partial charge is 0.493 e. The van der Waals surface area contributed by atoms with Crippen molar-refractivity contribution in [3.05, 3.63) is 72.1 Å². The van der Waals surface area contributed by atoms with E-state index in [9.17, 15) is 18.8 Å². The van der Waals surface area contributed by atoms with Gasteiger partial charge >= 0.3 is 0 Å². The van der Waals surface area contributed by atoms with Gasteiger partial charge in [0.15, 0.2) is 23.2 Å². The Balaban J connectivity index is 1.72. The summed E-state index contributed by atoms with van der Waals surface area (Å²) in [4.78, 5) is 38.2. The van der Waals surface area contributed by atoms with Crippen LogP contribution in [0.2, 0.25) is 0 Å². The maximum atomic E-state index is 13.0. The monoisotopic (exact) mass is 469 g/mol. The second kappa shape index (κ2) is 10.5. The molecule has 1 aliphatic rings. The summed E-state index contributed by atoms with van der Waals surface area (Å²) in [6.07, 6.45) is 2.91. The van der Waals surface area contributed by atoms with Crippen LogP contribution in [-0.4, -0.2) is 48.0 Å². The predicted octanol–water partition coefficient (Wildman–Crippen LogP) is 2.66. The van der Waals surface area contributed by atoms with Crippen LogP contribution in [0.1, 0.15) is 5.56 Å². The lowest BCUT2D eigenvalue weighted by Gasteiger charge is -2.27. The van der Waals surface area contributed by atoms with Gasteiger partial charge in [0.05, 0.1) is 7.11 Å². The summed E-state index contributed by atoms with van der Waals surface area (Å²) in [5.74, 6) is -1.43. The molecule has 0 aromatic heterocycles. The van der Waals surface area contributed by atoms with Gasteiger partial charge in [-0.1, -0.05) is 12.1 Å². The van der Waals surface area contributed by atoms with E-state index in [1.165, 1.54) is 48.4 Å². The molecule has 1 heterocycles. The van der Waals surface area contributed by atoms with Crippen molar-refractivity contribution in [3.8, 4) is 11.5 Å². The van der Waals surface area contributed by atoms with E-state index in [0.717, 1.165) is 0 Å². The smallest absolute Gasteiger partial charge is 0.265 e. The van der Waals surface area contributed by atoms with E-state index in [4.69, 9.17) is 21.7 Å². The third-order valence-corrected chi connectivity index (χ3v) is 4.81. The molecule has 0 radical (unpaired) electrons. The number of benzene rings is 2. The summed E-state index contributed by atoms with van der Waals surface area (Å²) in [6.45, 7) is 3.42. The Bertz CT molecular complexity index is 1150. The Morgan fingerprint density at radius 3 is 2.61 bits per heavy atom. The minimum absolute atomic E-state index is 0.0160. The Labute approximate surface area is 194 Å². The summed E-state index contributed by atoms with van der Waals surface area (Å²) < 4.78 is 23.8. The molecule has 0 aliphatic carbocycles. The molecular formula is C23H20FN3O5S. The van der Waals surface area contributed by atoms with Gasteiger partial charge < -0.3 is 14.8 Å². The first-order chi connectivity index (χ1) is 15.8. The summed E-state index contributed by atoms with van der Waals surface area (Å²) >= 11 is 5.03. The summed E-state index contributed by atoms with van der Waals surface area (Å²) in [5.41, 5.74) is 0.832. The number of carbonyl (C=O) groups is 3. The number of ether oxygens (including phenoxy) is 2. The normalized spacial score (nSPS) is 14.7. The fourth-order valence-corrected chi connectivity index (χ4v) is 3.17. The van der Waals surface area contributed by atoms with Gasteiger partial charge in [0.1, 0.15) is 11.4 Å². The van der Waals surface area contributed by atoms with Crippen molar-refractivity contribution in [2.24, 2.45) is 0 Å². The van der Waals surface area contributed by atoms with E-state index >= 15 is 0 Å². The molecule has 2 aromatic rings. The van der Waals surface area contributed by atoms with Gasteiger partial charge in [-0.3, -0.25) is 24.6 Å². The van der Waals surface area contributed by atoms with Gasteiger partial charge in [-0.2, -0.15) is 0 Å². The molecular weight excluding hydrogens is 449 g/mol. The van der Waals surface area contributed by atoms with Crippen molar-refractivity contribution in [1.29, 1.82) is 0 Å². The maximum Gasteiger partial charge on any atom is 0.265 e. The number of carbonyl (C=O) groups excluding carboxylic acids is 3. The molecule has 8 nitrogen and oxygen atoms in total. The highest BCUT2D eigenvalue weighted by Crippen LogP contribution is 2.29. The minimum atomic E-state index is -0.609. The van der Waals surface area contributed by atoms with Gasteiger partial charge in [-0.25, -0.2) is 4.39 Å². The molecule has 1 saturated heterocycles. The average Bonchev–Trinajstić information content (AvgIpc) is 2.80. The number of nitrogens with one attached hydrogen (secondary N) is 2. The molecule has 0 spiro atoms. The Morgan fingerprint density at radius 1 is 1.21 bits per heavy atom. The van der Waals surface area contributed by atoms with E-state index < -0.39 is 23.5 Å². The third-order valence-electron chi connectivity index (χ3n) is 4.48. The molecule has 0 bridgehead atoms. The molecule has 2 N–H and O–H groups in total. The zero-order valence-corrected chi connectivity index (χ0v) is 18.4. The number of amides is 3. The quantitative estimate of drug-likeness (QED) is 0.267. The lowest BCUT2D eigenvalue weighted by molar-refractivity contribution is -0.128. The predicted molar refractivity (Wildman–Crippen MR) is 124 cm³/mol. The van der Waals surface area contributed by atoms with E-state index in [1.54, 1.807) is 18.2 Å². The van der Waals surface area contributed by atoms with Crippen LogP contribution in [0.25, 0.3) is 6.08 Å². The highest BCUT2D eigenvalue weighted by atomic mass is 32.1. The van der Waals surface area contributed by atoms with Gasteiger partial charge in [-0.05, 0) is 60.3 Å². The zero-order chi connectivity index (χ0) is 24.0. The average molecular weight is 469 g/mol. The molecule has 10 heteroatoms. The maximum absolute atomic E-state index is 13.0. The third kappa shape index (κ3) is 5.80. The Morgan fingerprint density at radius 2 is 1.94 bits per heavy atom. The number of nitrogens with zero attached hydrogens (tertiary/aromatic N) is 1. The summed E-state index contributed by atoms with van der Waals surface area (Å²) in [5, 5.41) is 5.07.